The molecule has 0 aliphatic carbocycles. The fourth-order valence-corrected chi connectivity index (χ4v) is 1.56. The van der Waals surface area contributed by atoms with E-state index in [9.17, 15) is 4.79 Å². The summed E-state index contributed by atoms with van der Waals surface area (Å²) >= 11 is 0. The van der Waals surface area contributed by atoms with Gasteiger partial charge in [-0.1, -0.05) is 5.16 Å². The number of amides is 1. The summed E-state index contributed by atoms with van der Waals surface area (Å²) in [6.45, 7) is 5.66. The van der Waals surface area contributed by atoms with Gasteiger partial charge in [-0.25, -0.2) is 0 Å². The minimum absolute atomic E-state index is 0.124. The van der Waals surface area contributed by atoms with E-state index in [4.69, 9.17) is 9.26 Å². The first kappa shape index (κ1) is 13.1. The summed E-state index contributed by atoms with van der Waals surface area (Å²) in [4.78, 5) is 11.8. The average molecular weight is 260 g/mol. The summed E-state index contributed by atoms with van der Waals surface area (Å²) < 4.78 is 10.4. The highest BCUT2D eigenvalue weighted by molar-refractivity contribution is 6.02. The minimum Gasteiger partial charge on any atom is -0.491 e. The van der Waals surface area contributed by atoms with Crippen molar-refractivity contribution in [3.8, 4) is 5.75 Å². The SMILES string of the molecule is Cc1cc(C(=O)Nc2ccc(OC(C)C)cc2)no1. The van der Waals surface area contributed by atoms with Gasteiger partial charge in [-0.05, 0) is 45.0 Å². The van der Waals surface area contributed by atoms with Gasteiger partial charge in [0.2, 0.25) is 0 Å². The van der Waals surface area contributed by atoms with Crippen molar-refractivity contribution in [1.82, 2.24) is 5.16 Å². The molecule has 0 radical (unpaired) electrons. The first-order valence-corrected chi connectivity index (χ1v) is 6.06. The predicted octanol–water partition coefficient (Wildman–Crippen LogP) is 3.02. The van der Waals surface area contributed by atoms with Crippen LogP contribution in [-0.2, 0) is 0 Å². The van der Waals surface area contributed by atoms with Crippen molar-refractivity contribution in [2.75, 3.05) is 5.32 Å². The highest BCUT2D eigenvalue weighted by atomic mass is 16.5. The van der Waals surface area contributed by atoms with Crippen LogP contribution in [0.4, 0.5) is 5.69 Å². The number of nitrogens with zero attached hydrogens (tertiary/aromatic N) is 1. The number of nitrogens with one attached hydrogen (secondary N) is 1. The van der Waals surface area contributed by atoms with Gasteiger partial charge < -0.3 is 14.6 Å². The molecule has 0 aliphatic heterocycles. The summed E-state index contributed by atoms with van der Waals surface area (Å²) in [7, 11) is 0. The topological polar surface area (TPSA) is 64.4 Å². The summed E-state index contributed by atoms with van der Waals surface area (Å²) in [5, 5.41) is 6.39. The molecule has 0 bridgehead atoms. The molecule has 0 fully saturated rings. The highest BCUT2D eigenvalue weighted by Crippen LogP contribution is 2.17. The fourth-order valence-electron chi connectivity index (χ4n) is 1.56. The molecule has 2 aromatic rings. The predicted molar refractivity (Wildman–Crippen MR) is 71.4 cm³/mol. The van der Waals surface area contributed by atoms with Crippen molar-refractivity contribution < 1.29 is 14.1 Å². The van der Waals surface area contributed by atoms with E-state index < -0.39 is 0 Å². The Kier molecular flexibility index (Phi) is 3.85. The van der Waals surface area contributed by atoms with Crippen LogP contribution in [0, 0.1) is 6.92 Å². The van der Waals surface area contributed by atoms with Gasteiger partial charge in [0, 0.05) is 11.8 Å². The first-order valence-electron chi connectivity index (χ1n) is 6.06. The number of hydrogen-bond donors (Lipinski definition) is 1. The van der Waals surface area contributed by atoms with Gasteiger partial charge in [0.1, 0.15) is 11.5 Å². The van der Waals surface area contributed by atoms with Crippen molar-refractivity contribution in [1.29, 1.82) is 0 Å². The third-order valence-corrected chi connectivity index (χ3v) is 2.34. The Morgan fingerprint density at radius 1 is 1.32 bits per heavy atom. The fraction of sp³-hybridized carbons (Fsp3) is 0.286. The standard InChI is InChI=1S/C14H16N2O3/c1-9(2)18-12-6-4-11(5-7-12)15-14(17)13-8-10(3)19-16-13/h4-9H,1-3H3,(H,15,17). The number of aryl methyl sites for hydroxylation is 1. The van der Waals surface area contributed by atoms with Gasteiger partial charge in [0.15, 0.2) is 5.69 Å². The van der Waals surface area contributed by atoms with Crippen LogP contribution in [0.1, 0.15) is 30.1 Å². The maximum atomic E-state index is 11.8. The number of rotatable bonds is 4. The van der Waals surface area contributed by atoms with Gasteiger partial charge in [-0.2, -0.15) is 0 Å². The Morgan fingerprint density at radius 2 is 2.00 bits per heavy atom. The van der Waals surface area contributed by atoms with Crippen LogP contribution >= 0.6 is 0 Å². The molecule has 19 heavy (non-hydrogen) atoms. The van der Waals surface area contributed by atoms with E-state index in [0.29, 0.717) is 11.4 Å². The molecule has 2 rings (SSSR count). The second-order valence-electron chi connectivity index (χ2n) is 4.47. The number of carbonyl (C=O) groups is 1. The third-order valence-electron chi connectivity index (χ3n) is 2.34. The molecule has 5 heteroatoms. The molecule has 0 saturated carbocycles. The molecular weight excluding hydrogens is 244 g/mol. The average Bonchev–Trinajstić information content (AvgIpc) is 2.78. The lowest BCUT2D eigenvalue weighted by molar-refractivity contribution is 0.101. The van der Waals surface area contributed by atoms with Gasteiger partial charge in [-0.3, -0.25) is 4.79 Å². The molecule has 0 unspecified atom stereocenters. The summed E-state index contributed by atoms with van der Waals surface area (Å²) in [5.41, 5.74) is 0.946. The lowest BCUT2D eigenvalue weighted by Gasteiger charge is -2.10. The van der Waals surface area contributed by atoms with Crippen LogP contribution in [0.5, 0.6) is 5.75 Å². The van der Waals surface area contributed by atoms with Crippen molar-refractivity contribution in [3.05, 3.63) is 41.8 Å². The van der Waals surface area contributed by atoms with E-state index in [-0.39, 0.29) is 17.7 Å². The van der Waals surface area contributed by atoms with Gasteiger partial charge in [-0.15, -0.1) is 0 Å². The quantitative estimate of drug-likeness (QED) is 0.917. The molecule has 100 valence electrons. The second-order valence-corrected chi connectivity index (χ2v) is 4.47. The molecule has 0 atom stereocenters. The largest absolute Gasteiger partial charge is 0.491 e. The lowest BCUT2D eigenvalue weighted by atomic mass is 10.3. The number of aromatic nitrogens is 1. The zero-order valence-corrected chi connectivity index (χ0v) is 11.1. The van der Waals surface area contributed by atoms with Crippen molar-refractivity contribution in [3.63, 3.8) is 0 Å². The smallest absolute Gasteiger partial charge is 0.277 e. The Bertz CT molecular complexity index is 558. The minimum atomic E-state index is -0.297. The Morgan fingerprint density at radius 3 is 2.53 bits per heavy atom. The van der Waals surface area contributed by atoms with Gasteiger partial charge in [0.05, 0.1) is 6.10 Å². The zero-order valence-electron chi connectivity index (χ0n) is 11.1. The van der Waals surface area contributed by atoms with E-state index in [1.807, 2.05) is 26.0 Å². The summed E-state index contributed by atoms with van der Waals surface area (Å²) in [5.74, 6) is 1.07. The lowest BCUT2D eigenvalue weighted by Crippen LogP contribution is -2.12. The van der Waals surface area contributed by atoms with Gasteiger partial charge in [0.25, 0.3) is 5.91 Å². The molecule has 1 aromatic heterocycles. The Hall–Kier alpha value is -2.30. The second kappa shape index (κ2) is 5.56. The van der Waals surface area contributed by atoms with Crippen molar-refractivity contribution >= 4 is 11.6 Å². The highest BCUT2D eigenvalue weighted by Gasteiger charge is 2.11. The normalized spacial score (nSPS) is 10.5. The van der Waals surface area contributed by atoms with Crippen LogP contribution < -0.4 is 10.1 Å². The van der Waals surface area contributed by atoms with Crippen molar-refractivity contribution in [2.24, 2.45) is 0 Å². The molecule has 1 heterocycles. The molecule has 0 aliphatic rings. The zero-order chi connectivity index (χ0) is 13.8. The maximum Gasteiger partial charge on any atom is 0.277 e. The van der Waals surface area contributed by atoms with Gasteiger partial charge >= 0.3 is 0 Å². The monoisotopic (exact) mass is 260 g/mol. The number of ether oxygens (including phenoxy) is 1. The first-order chi connectivity index (χ1) is 9.04. The van der Waals surface area contributed by atoms with E-state index in [0.717, 1.165) is 5.75 Å². The molecule has 0 spiro atoms. The number of hydrogen-bond acceptors (Lipinski definition) is 4. The summed E-state index contributed by atoms with van der Waals surface area (Å²) in [6.07, 6.45) is 0.124. The Balaban J connectivity index is 2.01. The molecule has 1 aromatic carbocycles. The summed E-state index contributed by atoms with van der Waals surface area (Å²) in [6, 6.07) is 8.77. The van der Waals surface area contributed by atoms with Crippen LogP contribution in [-0.4, -0.2) is 17.2 Å². The maximum absolute atomic E-state index is 11.8. The van der Waals surface area contributed by atoms with Crippen LogP contribution in [0.15, 0.2) is 34.9 Å². The molecule has 5 nitrogen and oxygen atoms in total. The molecule has 1 N–H and O–H groups in total. The van der Waals surface area contributed by atoms with Crippen LogP contribution in [0.3, 0.4) is 0 Å². The van der Waals surface area contributed by atoms with E-state index in [1.165, 1.54) is 0 Å². The van der Waals surface area contributed by atoms with E-state index in [1.54, 1.807) is 25.1 Å². The molecule has 1 amide bonds. The number of anilines is 1. The molecule has 0 saturated heterocycles. The number of benzene rings is 1. The molecular formula is C14H16N2O3. The third kappa shape index (κ3) is 3.58. The van der Waals surface area contributed by atoms with Crippen molar-refractivity contribution in [2.45, 2.75) is 26.9 Å². The van der Waals surface area contributed by atoms with Crippen LogP contribution in [0.2, 0.25) is 0 Å². The van der Waals surface area contributed by atoms with E-state index in [2.05, 4.69) is 10.5 Å². The number of carbonyl (C=O) groups excluding carboxylic acids is 1. The Labute approximate surface area is 111 Å². The van der Waals surface area contributed by atoms with E-state index >= 15 is 0 Å². The van der Waals surface area contributed by atoms with Crippen LogP contribution in [0.25, 0.3) is 0 Å².